The highest BCUT2D eigenvalue weighted by Crippen LogP contribution is 2.31. The van der Waals surface area contributed by atoms with Crippen LogP contribution in [-0.4, -0.2) is 22.6 Å². The average Bonchev–Trinajstić information content (AvgIpc) is 3.25. The number of thiazole rings is 1. The second-order valence-corrected chi connectivity index (χ2v) is 7.73. The molecule has 8 heteroatoms. The van der Waals surface area contributed by atoms with Crippen LogP contribution in [-0.2, 0) is 4.79 Å². The predicted molar refractivity (Wildman–Crippen MR) is 113 cm³/mol. The molecule has 4 aromatic rings. The number of hydrogen-bond donors (Lipinski definition) is 1. The van der Waals surface area contributed by atoms with Gasteiger partial charge in [0.05, 0.1) is 18.3 Å². The molecule has 1 N–H and O–H groups in total. The fraction of sp³-hybridized carbons (Fsp3) is 0.190. The third kappa shape index (κ3) is 3.54. The normalized spacial score (nSPS) is 12.1. The third-order valence-electron chi connectivity index (χ3n) is 4.68. The van der Waals surface area contributed by atoms with Crippen LogP contribution < -0.4 is 15.8 Å². The largest absolute Gasteiger partial charge is 0.497 e. The summed E-state index contributed by atoms with van der Waals surface area (Å²) < 4.78 is 11.8. The molecule has 1 unspecified atom stereocenters. The van der Waals surface area contributed by atoms with Crippen LogP contribution in [0.5, 0.6) is 5.75 Å². The van der Waals surface area contributed by atoms with E-state index in [1.807, 2.05) is 31.2 Å². The third-order valence-corrected chi connectivity index (χ3v) is 5.56. The van der Waals surface area contributed by atoms with E-state index in [0.29, 0.717) is 16.2 Å². The number of hydrogen-bond acceptors (Lipinski definition) is 6. The van der Waals surface area contributed by atoms with E-state index in [1.54, 1.807) is 38.3 Å². The van der Waals surface area contributed by atoms with E-state index < -0.39 is 11.8 Å². The molecule has 1 amide bonds. The molecule has 0 spiro atoms. The number of aryl methyl sites for hydroxylation is 1. The molecular formula is C21H19N3O4S. The quantitative estimate of drug-likeness (QED) is 0.533. The van der Waals surface area contributed by atoms with Gasteiger partial charge in [0.2, 0.25) is 5.91 Å². The van der Waals surface area contributed by atoms with Gasteiger partial charge in [0.1, 0.15) is 11.8 Å². The van der Waals surface area contributed by atoms with E-state index in [1.165, 1.54) is 15.9 Å². The Kier molecular flexibility index (Phi) is 4.94. The minimum Gasteiger partial charge on any atom is -0.497 e. The van der Waals surface area contributed by atoms with Crippen LogP contribution in [0.25, 0.3) is 22.4 Å². The van der Waals surface area contributed by atoms with Crippen molar-refractivity contribution in [2.24, 2.45) is 0 Å². The second kappa shape index (κ2) is 7.56. The maximum Gasteiger partial charge on any atom is 0.420 e. The van der Waals surface area contributed by atoms with Crippen LogP contribution in [0.2, 0.25) is 0 Å². The van der Waals surface area contributed by atoms with Crippen molar-refractivity contribution >= 4 is 33.5 Å². The van der Waals surface area contributed by atoms with Gasteiger partial charge in [-0.05, 0) is 50.2 Å². The lowest BCUT2D eigenvalue weighted by atomic mass is 10.1. The van der Waals surface area contributed by atoms with Gasteiger partial charge in [0.15, 0.2) is 10.7 Å². The van der Waals surface area contributed by atoms with Crippen LogP contribution >= 0.6 is 11.3 Å². The van der Waals surface area contributed by atoms with E-state index >= 15 is 0 Å². The number of nitrogens with one attached hydrogen (secondary N) is 1. The predicted octanol–water partition coefficient (Wildman–Crippen LogP) is 4.23. The minimum atomic E-state index is -0.750. The Morgan fingerprint density at radius 2 is 1.93 bits per heavy atom. The Labute approximate surface area is 170 Å². The number of amides is 1. The number of benzene rings is 2. The van der Waals surface area contributed by atoms with Crippen LogP contribution in [0.15, 0.2) is 57.7 Å². The van der Waals surface area contributed by atoms with Crippen molar-refractivity contribution in [2.45, 2.75) is 19.9 Å². The number of rotatable bonds is 5. The highest BCUT2D eigenvalue weighted by molar-refractivity contribution is 7.16. The van der Waals surface area contributed by atoms with Gasteiger partial charge >= 0.3 is 5.76 Å². The first-order valence-corrected chi connectivity index (χ1v) is 9.82. The van der Waals surface area contributed by atoms with E-state index in [4.69, 9.17) is 9.15 Å². The summed E-state index contributed by atoms with van der Waals surface area (Å²) in [6.07, 6.45) is 0. The van der Waals surface area contributed by atoms with Gasteiger partial charge in [-0.3, -0.25) is 9.36 Å². The Hall–Kier alpha value is -3.39. The smallest absolute Gasteiger partial charge is 0.420 e. The van der Waals surface area contributed by atoms with Gasteiger partial charge in [-0.25, -0.2) is 9.78 Å². The first-order chi connectivity index (χ1) is 14.0. The van der Waals surface area contributed by atoms with Crippen molar-refractivity contribution in [3.63, 3.8) is 0 Å². The molecule has 29 heavy (non-hydrogen) atoms. The van der Waals surface area contributed by atoms with Crippen LogP contribution in [0, 0.1) is 6.92 Å². The highest BCUT2D eigenvalue weighted by Gasteiger charge is 2.22. The molecule has 148 valence electrons. The van der Waals surface area contributed by atoms with Gasteiger partial charge in [-0.1, -0.05) is 12.1 Å². The van der Waals surface area contributed by atoms with E-state index in [0.717, 1.165) is 21.9 Å². The van der Waals surface area contributed by atoms with Crippen molar-refractivity contribution in [1.29, 1.82) is 0 Å². The maximum absolute atomic E-state index is 12.8. The molecule has 7 nitrogen and oxygen atoms in total. The molecule has 2 aromatic heterocycles. The van der Waals surface area contributed by atoms with Crippen molar-refractivity contribution in [3.8, 4) is 17.0 Å². The van der Waals surface area contributed by atoms with Crippen molar-refractivity contribution < 1.29 is 13.9 Å². The topological polar surface area (TPSA) is 86.4 Å². The summed E-state index contributed by atoms with van der Waals surface area (Å²) in [4.78, 5) is 30.5. The van der Waals surface area contributed by atoms with Gasteiger partial charge in [-0.2, -0.15) is 0 Å². The average molecular weight is 409 g/mol. The van der Waals surface area contributed by atoms with Gasteiger partial charge in [0.25, 0.3) is 0 Å². The Morgan fingerprint density at radius 1 is 1.21 bits per heavy atom. The highest BCUT2D eigenvalue weighted by atomic mass is 32.1. The molecule has 1 atom stereocenters. The molecule has 0 bridgehead atoms. The summed E-state index contributed by atoms with van der Waals surface area (Å²) in [7, 11) is 1.62. The molecule has 0 radical (unpaired) electrons. The van der Waals surface area contributed by atoms with Crippen molar-refractivity contribution in [2.75, 3.05) is 12.4 Å². The molecule has 0 aliphatic heterocycles. The van der Waals surface area contributed by atoms with Gasteiger partial charge in [-0.15, -0.1) is 11.3 Å². The van der Waals surface area contributed by atoms with E-state index in [-0.39, 0.29) is 5.91 Å². The second-order valence-electron chi connectivity index (χ2n) is 6.52. The lowest BCUT2D eigenvalue weighted by Gasteiger charge is -2.11. The summed E-state index contributed by atoms with van der Waals surface area (Å²) >= 11 is 1.38. The number of anilines is 1. The van der Waals surface area contributed by atoms with E-state index in [2.05, 4.69) is 10.3 Å². The lowest BCUT2D eigenvalue weighted by molar-refractivity contribution is -0.118. The molecular weight excluding hydrogens is 390 g/mol. The SMILES string of the molecule is COc1ccc(-c2nc(NC(=O)C(C)n3c(=O)oc4ccccc43)sc2C)cc1. The summed E-state index contributed by atoms with van der Waals surface area (Å²) in [5.41, 5.74) is 2.76. The van der Waals surface area contributed by atoms with Crippen molar-refractivity contribution in [3.05, 3.63) is 64.0 Å². The lowest BCUT2D eigenvalue weighted by Crippen LogP contribution is -2.29. The monoisotopic (exact) mass is 409 g/mol. The van der Waals surface area contributed by atoms with Crippen molar-refractivity contribution in [1.82, 2.24) is 9.55 Å². The van der Waals surface area contributed by atoms with Crippen LogP contribution in [0.1, 0.15) is 17.8 Å². The Balaban J connectivity index is 1.58. The number of ether oxygens (including phenoxy) is 1. The summed E-state index contributed by atoms with van der Waals surface area (Å²) in [6, 6.07) is 13.8. The zero-order chi connectivity index (χ0) is 20.5. The fourth-order valence-corrected chi connectivity index (χ4v) is 3.98. The summed E-state index contributed by atoms with van der Waals surface area (Å²) in [5, 5.41) is 3.30. The fourth-order valence-electron chi connectivity index (χ4n) is 3.14. The number of carbonyl (C=O) groups excluding carboxylic acids is 1. The first-order valence-electron chi connectivity index (χ1n) is 9.00. The molecule has 2 aromatic carbocycles. The summed E-state index contributed by atoms with van der Waals surface area (Å²) in [5.74, 6) is -0.140. The minimum absolute atomic E-state index is 0.339. The summed E-state index contributed by atoms with van der Waals surface area (Å²) in [6.45, 7) is 3.61. The van der Waals surface area contributed by atoms with Gasteiger partial charge < -0.3 is 14.5 Å². The molecule has 0 aliphatic rings. The number of oxazole rings is 1. The molecule has 0 aliphatic carbocycles. The molecule has 0 saturated carbocycles. The zero-order valence-corrected chi connectivity index (χ0v) is 16.9. The molecule has 0 fully saturated rings. The van der Waals surface area contributed by atoms with Crippen LogP contribution in [0.4, 0.5) is 5.13 Å². The van der Waals surface area contributed by atoms with Gasteiger partial charge in [0, 0.05) is 10.4 Å². The maximum atomic E-state index is 12.8. The number of aromatic nitrogens is 2. The van der Waals surface area contributed by atoms with E-state index in [9.17, 15) is 9.59 Å². The molecule has 4 rings (SSSR count). The Morgan fingerprint density at radius 3 is 2.66 bits per heavy atom. The Bertz CT molecular complexity index is 1240. The number of methoxy groups -OCH3 is 1. The standard InChI is InChI=1S/C21H19N3O4S/c1-12(24-16-6-4-5-7-17(16)28-21(24)26)19(25)23-20-22-18(13(2)29-20)14-8-10-15(27-3)11-9-14/h4-12H,1-3H3,(H,22,23,25). The zero-order valence-electron chi connectivity index (χ0n) is 16.1. The number of nitrogens with zero attached hydrogens (tertiary/aromatic N) is 2. The number of para-hydroxylation sites is 2. The molecule has 0 saturated heterocycles. The van der Waals surface area contributed by atoms with Crippen LogP contribution in [0.3, 0.4) is 0 Å². The molecule has 2 heterocycles. The number of fused-ring (bicyclic) bond motifs is 1. The number of carbonyl (C=O) groups is 1. The first kappa shape index (κ1) is 18.9.